The minimum atomic E-state index is -0.430. The van der Waals surface area contributed by atoms with Crippen molar-refractivity contribution in [2.75, 3.05) is 26.0 Å². The van der Waals surface area contributed by atoms with Crippen LogP contribution in [-0.2, 0) is 11.3 Å². The summed E-state index contributed by atoms with van der Waals surface area (Å²) in [6.07, 6.45) is 0. The molecule has 0 saturated heterocycles. The van der Waals surface area contributed by atoms with Crippen molar-refractivity contribution in [2.24, 2.45) is 0 Å². The molecule has 0 fully saturated rings. The van der Waals surface area contributed by atoms with Gasteiger partial charge in [-0.15, -0.1) is 0 Å². The van der Waals surface area contributed by atoms with Gasteiger partial charge in [-0.1, -0.05) is 11.6 Å². The number of carbonyl (C=O) groups is 1. The summed E-state index contributed by atoms with van der Waals surface area (Å²) in [5.74, 6) is 0.563. The Balaban J connectivity index is 1.71. The molecule has 3 aromatic rings. The van der Waals surface area contributed by atoms with Gasteiger partial charge in [0.25, 0.3) is 0 Å². The molecule has 146 valence electrons. The van der Waals surface area contributed by atoms with Crippen LogP contribution in [0.5, 0.6) is 5.75 Å². The Bertz CT molecular complexity index is 1060. The molecule has 0 spiro atoms. The average molecular weight is 401 g/mol. The number of hydrogen-bond acceptors (Lipinski definition) is 5. The van der Waals surface area contributed by atoms with Gasteiger partial charge in [-0.05, 0) is 61.5 Å². The molecule has 0 saturated carbocycles. The number of halogens is 1. The molecule has 3 rings (SSSR count). The monoisotopic (exact) mass is 400 g/mol. The van der Waals surface area contributed by atoms with Crippen molar-refractivity contribution in [1.82, 2.24) is 4.90 Å². The first kappa shape index (κ1) is 19.9. The minimum Gasteiger partial charge on any atom is -0.497 e. The van der Waals surface area contributed by atoms with Crippen LogP contribution in [0.3, 0.4) is 0 Å². The third kappa shape index (κ3) is 4.71. The molecule has 6 nitrogen and oxygen atoms in total. The number of fused-ring (bicyclic) bond motifs is 1. The fourth-order valence-corrected chi connectivity index (χ4v) is 3.11. The first-order valence-corrected chi connectivity index (χ1v) is 9.09. The fourth-order valence-electron chi connectivity index (χ4n) is 2.95. The van der Waals surface area contributed by atoms with Gasteiger partial charge in [0.05, 0.1) is 13.7 Å². The molecule has 7 heteroatoms. The van der Waals surface area contributed by atoms with Gasteiger partial charge < -0.3 is 14.5 Å². The predicted octanol–water partition coefficient (Wildman–Crippen LogP) is 3.83. The van der Waals surface area contributed by atoms with Crippen LogP contribution in [0.25, 0.3) is 11.0 Å². The lowest BCUT2D eigenvalue weighted by atomic mass is 10.1. The molecule has 1 aromatic heterocycles. The van der Waals surface area contributed by atoms with Crippen LogP contribution >= 0.6 is 11.6 Å². The number of methoxy groups -OCH3 is 1. The molecule has 0 unspecified atom stereocenters. The van der Waals surface area contributed by atoms with E-state index in [2.05, 4.69) is 5.32 Å². The highest BCUT2D eigenvalue weighted by Crippen LogP contribution is 2.25. The first-order valence-electron chi connectivity index (χ1n) is 8.71. The van der Waals surface area contributed by atoms with E-state index in [0.29, 0.717) is 22.8 Å². The molecule has 28 heavy (non-hydrogen) atoms. The molecule has 1 amide bonds. The number of nitrogens with zero attached hydrogens (tertiary/aromatic N) is 1. The largest absolute Gasteiger partial charge is 0.497 e. The number of ether oxygens (including phenoxy) is 1. The van der Waals surface area contributed by atoms with Crippen molar-refractivity contribution < 1.29 is 13.9 Å². The molecular formula is C21H21ClN2O4. The summed E-state index contributed by atoms with van der Waals surface area (Å²) in [7, 11) is 3.40. The molecule has 1 N–H and O–H groups in total. The van der Waals surface area contributed by atoms with Crippen molar-refractivity contribution in [3.63, 3.8) is 0 Å². The zero-order chi connectivity index (χ0) is 20.3. The molecule has 0 aliphatic carbocycles. The highest BCUT2D eigenvalue weighted by Gasteiger charge is 2.13. The second-order valence-corrected chi connectivity index (χ2v) is 7.04. The number of rotatable bonds is 6. The van der Waals surface area contributed by atoms with E-state index in [1.54, 1.807) is 43.5 Å². The molecule has 0 aliphatic heterocycles. The highest BCUT2D eigenvalue weighted by molar-refractivity contribution is 6.32. The lowest BCUT2D eigenvalue weighted by Gasteiger charge is -2.17. The lowest BCUT2D eigenvalue weighted by Crippen LogP contribution is -2.30. The molecule has 0 aliphatic rings. The van der Waals surface area contributed by atoms with Gasteiger partial charge in [0.2, 0.25) is 5.91 Å². The van der Waals surface area contributed by atoms with Crippen LogP contribution in [-0.4, -0.2) is 31.5 Å². The normalized spacial score (nSPS) is 11.0. The number of anilines is 1. The molecule has 0 atom stereocenters. The smallest absolute Gasteiger partial charge is 0.336 e. The summed E-state index contributed by atoms with van der Waals surface area (Å²) in [6, 6.07) is 12.1. The topological polar surface area (TPSA) is 71.8 Å². The van der Waals surface area contributed by atoms with Crippen LogP contribution in [0.15, 0.2) is 51.7 Å². The standard InChI is InChI=1S/C21H21ClN2O4/c1-13-8-19-17(10-18(13)22)14(9-21(26)28-19)11-24(2)12-20(25)23-15-4-6-16(27-3)7-5-15/h4-10H,11-12H2,1-3H3,(H,23,25). The maximum atomic E-state index is 12.3. The van der Waals surface area contributed by atoms with Crippen LogP contribution in [0.4, 0.5) is 5.69 Å². The Hall–Kier alpha value is -2.83. The zero-order valence-corrected chi connectivity index (χ0v) is 16.7. The van der Waals surface area contributed by atoms with Gasteiger partial charge in [0.1, 0.15) is 11.3 Å². The summed E-state index contributed by atoms with van der Waals surface area (Å²) in [5, 5.41) is 4.20. The molecular weight excluding hydrogens is 380 g/mol. The van der Waals surface area contributed by atoms with E-state index in [1.807, 2.05) is 18.9 Å². The SMILES string of the molecule is COc1ccc(NC(=O)CN(C)Cc2cc(=O)oc3cc(C)c(Cl)cc23)cc1. The van der Waals surface area contributed by atoms with Gasteiger partial charge in [-0.2, -0.15) is 0 Å². The van der Waals surface area contributed by atoms with Crippen LogP contribution in [0.2, 0.25) is 5.02 Å². The number of carbonyl (C=O) groups excluding carboxylic acids is 1. The fraction of sp³-hybridized carbons (Fsp3) is 0.238. The van der Waals surface area contributed by atoms with Gasteiger partial charge >= 0.3 is 5.63 Å². The lowest BCUT2D eigenvalue weighted by molar-refractivity contribution is -0.117. The van der Waals surface area contributed by atoms with Crippen molar-refractivity contribution in [2.45, 2.75) is 13.5 Å². The maximum absolute atomic E-state index is 12.3. The van der Waals surface area contributed by atoms with Gasteiger partial charge in [-0.25, -0.2) is 4.79 Å². The summed E-state index contributed by atoms with van der Waals surface area (Å²) in [5.41, 5.74) is 2.34. The second kappa shape index (κ2) is 8.46. The quantitative estimate of drug-likeness (QED) is 0.636. The average Bonchev–Trinajstić information content (AvgIpc) is 2.63. The Labute approximate surface area is 167 Å². The van der Waals surface area contributed by atoms with E-state index >= 15 is 0 Å². The molecule has 1 heterocycles. The van der Waals surface area contributed by atoms with Crippen molar-refractivity contribution in [1.29, 1.82) is 0 Å². The van der Waals surface area contributed by atoms with Crippen molar-refractivity contribution in [3.05, 3.63) is 69.0 Å². The number of nitrogens with one attached hydrogen (secondary N) is 1. The highest BCUT2D eigenvalue weighted by atomic mass is 35.5. The summed E-state index contributed by atoms with van der Waals surface area (Å²) >= 11 is 6.23. The number of likely N-dealkylation sites (N-methyl/N-ethyl adjacent to an activating group) is 1. The Morgan fingerprint density at radius 1 is 1.21 bits per heavy atom. The predicted molar refractivity (Wildman–Crippen MR) is 110 cm³/mol. The maximum Gasteiger partial charge on any atom is 0.336 e. The van der Waals surface area contributed by atoms with E-state index in [0.717, 1.165) is 22.3 Å². The number of hydrogen-bond donors (Lipinski definition) is 1. The first-order chi connectivity index (χ1) is 13.4. The van der Waals surface area contributed by atoms with Gasteiger partial charge in [-0.3, -0.25) is 9.69 Å². The molecule has 2 aromatic carbocycles. The van der Waals surface area contributed by atoms with Crippen LogP contribution in [0.1, 0.15) is 11.1 Å². The summed E-state index contributed by atoms with van der Waals surface area (Å²) < 4.78 is 10.4. The van der Waals surface area contributed by atoms with E-state index in [4.69, 9.17) is 20.8 Å². The van der Waals surface area contributed by atoms with Crippen LogP contribution < -0.4 is 15.7 Å². The van der Waals surface area contributed by atoms with E-state index in [1.165, 1.54) is 6.07 Å². The third-order valence-corrected chi connectivity index (χ3v) is 4.74. The summed E-state index contributed by atoms with van der Waals surface area (Å²) in [4.78, 5) is 26.0. The third-order valence-electron chi connectivity index (χ3n) is 4.34. The molecule has 0 radical (unpaired) electrons. The van der Waals surface area contributed by atoms with Gasteiger partial charge in [0, 0.05) is 28.7 Å². The van der Waals surface area contributed by atoms with E-state index < -0.39 is 5.63 Å². The van der Waals surface area contributed by atoms with E-state index in [9.17, 15) is 9.59 Å². The summed E-state index contributed by atoms with van der Waals surface area (Å²) in [6.45, 7) is 2.41. The Morgan fingerprint density at radius 3 is 2.61 bits per heavy atom. The molecule has 0 bridgehead atoms. The van der Waals surface area contributed by atoms with Crippen molar-refractivity contribution >= 4 is 34.2 Å². The Kier molecular flexibility index (Phi) is 6.02. The Morgan fingerprint density at radius 2 is 1.93 bits per heavy atom. The number of amides is 1. The second-order valence-electron chi connectivity index (χ2n) is 6.64. The zero-order valence-electron chi connectivity index (χ0n) is 15.9. The number of benzene rings is 2. The van der Waals surface area contributed by atoms with Crippen LogP contribution in [0, 0.1) is 6.92 Å². The van der Waals surface area contributed by atoms with Gasteiger partial charge in [0.15, 0.2) is 0 Å². The number of aryl methyl sites for hydroxylation is 1. The van der Waals surface area contributed by atoms with E-state index in [-0.39, 0.29) is 12.5 Å². The minimum absolute atomic E-state index is 0.159. The van der Waals surface area contributed by atoms with Crippen molar-refractivity contribution in [3.8, 4) is 5.75 Å².